The number of halogens is 1. The summed E-state index contributed by atoms with van der Waals surface area (Å²) in [6.45, 7) is 2.28. The van der Waals surface area contributed by atoms with Crippen molar-refractivity contribution in [3.05, 3.63) is 32.8 Å². The summed E-state index contributed by atoms with van der Waals surface area (Å²) in [5, 5.41) is 10.9. The van der Waals surface area contributed by atoms with E-state index in [0.29, 0.717) is 11.0 Å². The molecule has 1 aromatic rings. The maximum absolute atomic E-state index is 12.1. The van der Waals surface area contributed by atoms with E-state index in [1.165, 1.54) is 18.2 Å². The Kier molecular flexibility index (Phi) is 3.67. The summed E-state index contributed by atoms with van der Waals surface area (Å²) in [6.07, 6.45) is 1.94. The topological polar surface area (TPSA) is 89.3 Å². The Morgan fingerprint density at radius 1 is 1.47 bits per heavy atom. The van der Waals surface area contributed by atoms with Gasteiger partial charge in [-0.15, -0.1) is 0 Å². The third-order valence-electron chi connectivity index (χ3n) is 3.20. The lowest BCUT2D eigenvalue weighted by Crippen LogP contribution is -2.29. The van der Waals surface area contributed by atoms with Crippen LogP contribution in [0.5, 0.6) is 0 Å². The Morgan fingerprint density at radius 3 is 2.63 bits per heavy atom. The zero-order valence-corrected chi connectivity index (χ0v) is 12.6. The molecule has 8 heteroatoms. The summed E-state index contributed by atoms with van der Waals surface area (Å²) in [7, 11) is -3.87. The quantitative estimate of drug-likeness (QED) is 0.653. The smallest absolute Gasteiger partial charge is 0.258 e. The first-order valence-corrected chi connectivity index (χ1v) is 7.95. The van der Waals surface area contributed by atoms with Crippen molar-refractivity contribution in [2.45, 2.75) is 24.7 Å². The van der Waals surface area contributed by atoms with E-state index in [9.17, 15) is 18.5 Å². The number of sulfonamides is 1. The highest BCUT2D eigenvalue weighted by Gasteiger charge is 2.38. The number of nitro groups is 1. The molecule has 1 fully saturated rings. The molecule has 1 aliphatic carbocycles. The zero-order chi connectivity index (χ0) is 14.3. The van der Waals surface area contributed by atoms with Crippen molar-refractivity contribution in [1.29, 1.82) is 0 Å². The average Bonchev–Trinajstić information content (AvgIpc) is 3.05. The van der Waals surface area contributed by atoms with Crippen LogP contribution in [0.3, 0.4) is 0 Å². The lowest BCUT2D eigenvalue weighted by Gasteiger charge is -2.11. The lowest BCUT2D eigenvalue weighted by molar-refractivity contribution is -0.387. The van der Waals surface area contributed by atoms with Crippen LogP contribution in [-0.4, -0.2) is 19.9 Å². The highest BCUT2D eigenvalue weighted by atomic mass is 79.9. The third-order valence-corrected chi connectivity index (χ3v) is 5.12. The van der Waals surface area contributed by atoms with E-state index in [1.807, 2.05) is 6.92 Å². The average molecular weight is 349 g/mol. The predicted molar refractivity (Wildman–Crippen MR) is 73.3 cm³/mol. The van der Waals surface area contributed by atoms with E-state index < -0.39 is 20.6 Å². The molecule has 1 aliphatic rings. The van der Waals surface area contributed by atoms with Gasteiger partial charge >= 0.3 is 0 Å². The lowest BCUT2D eigenvalue weighted by atomic mass is 10.2. The van der Waals surface area contributed by atoms with Crippen molar-refractivity contribution in [2.75, 3.05) is 6.54 Å². The Bertz CT molecular complexity index is 626. The van der Waals surface area contributed by atoms with Crippen LogP contribution in [0.1, 0.15) is 19.8 Å². The van der Waals surface area contributed by atoms with Gasteiger partial charge in [0.05, 0.1) is 4.92 Å². The molecule has 1 N–H and O–H groups in total. The Labute approximate surface area is 119 Å². The molecule has 0 radical (unpaired) electrons. The van der Waals surface area contributed by atoms with E-state index in [0.717, 1.165) is 12.8 Å². The first-order valence-electron chi connectivity index (χ1n) is 5.67. The molecular formula is C11H13BrN2O4S. The highest BCUT2D eigenvalue weighted by Crippen LogP contribution is 2.44. The van der Waals surface area contributed by atoms with E-state index in [4.69, 9.17) is 0 Å². The van der Waals surface area contributed by atoms with E-state index in [2.05, 4.69) is 20.7 Å². The molecule has 0 heterocycles. The van der Waals surface area contributed by atoms with E-state index in [1.54, 1.807) is 0 Å². The maximum Gasteiger partial charge on any atom is 0.289 e. The number of hydrogen-bond donors (Lipinski definition) is 1. The van der Waals surface area contributed by atoms with Crippen LogP contribution in [0, 0.1) is 15.5 Å². The van der Waals surface area contributed by atoms with Gasteiger partial charge in [-0.1, -0.05) is 22.9 Å². The number of nitrogens with one attached hydrogen (secondary N) is 1. The standard InChI is InChI=1S/C11H13BrN2O4S/c1-11(4-5-11)7-13-19(17,18)10-6-8(12)2-3-9(10)14(15)16/h2-3,6,13H,4-5,7H2,1H3. The Balaban J connectivity index is 2.33. The van der Waals surface area contributed by atoms with Gasteiger partial charge in [0.2, 0.25) is 10.0 Å². The normalized spacial score (nSPS) is 17.2. The molecule has 0 bridgehead atoms. The van der Waals surface area contributed by atoms with Crippen LogP contribution in [0.25, 0.3) is 0 Å². The minimum Gasteiger partial charge on any atom is -0.258 e. The number of hydrogen-bond acceptors (Lipinski definition) is 4. The van der Waals surface area contributed by atoms with Crippen LogP contribution in [0.2, 0.25) is 0 Å². The molecule has 19 heavy (non-hydrogen) atoms. The van der Waals surface area contributed by atoms with Crippen LogP contribution in [-0.2, 0) is 10.0 Å². The maximum atomic E-state index is 12.1. The predicted octanol–water partition coefficient (Wildman–Crippen LogP) is 2.44. The number of rotatable bonds is 5. The summed E-state index contributed by atoms with van der Waals surface area (Å²) < 4.78 is 27.2. The summed E-state index contributed by atoms with van der Waals surface area (Å²) in [4.78, 5) is 9.89. The van der Waals surface area contributed by atoms with Crippen LogP contribution < -0.4 is 4.72 Å². The molecule has 1 aromatic carbocycles. The first-order chi connectivity index (χ1) is 8.73. The summed E-state index contributed by atoms with van der Waals surface area (Å²) >= 11 is 3.13. The molecular weight excluding hydrogens is 336 g/mol. The second-order valence-corrected chi connectivity index (χ2v) is 7.66. The largest absolute Gasteiger partial charge is 0.289 e. The van der Waals surface area contributed by atoms with Gasteiger partial charge in [0.15, 0.2) is 4.90 Å². The number of benzene rings is 1. The fourth-order valence-electron chi connectivity index (χ4n) is 1.59. The highest BCUT2D eigenvalue weighted by molar-refractivity contribution is 9.10. The van der Waals surface area contributed by atoms with Gasteiger partial charge < -0.3 is 0 Å². The van der Waals surface area contributed by atoms with Gasteiger partial charge in [-0.25, -0.2) is 13.1 Å². The van der Waals surface area contributed by atoms with Crippen molar-refractivity contribution in [1.82, 2.24) is 4.72 Å². The molecule has 6 nitrogen and oxygen atoms in total. The van der Waals surface area contributed by atoms with Crippen molar-refractivity contribution < 1.29 is 13.3 Å². The van der Waals surface area contributed by atoms with Crippen LogP contribution in [0.15, 0.2) is 27.6 Å². The van der Waals surface area contributed by atoms with Gasteiger partial charge in [-0.2, -0.15) is 0 Å². The molecule has 0 amide bonds. The summed E-state index contributed by atoms with van der Waals surface area (Å²) in [6, 6.07) is 3.87. The Hall–Kier alpha value is -0.990. The van der Waals surface area contributed by atoms with E-state index in [-0.39, 0.29) is 10.3 Å². The minimum absolute atomic E-state index is 0.00609. The van der Waals surface area contributed by atoms with E-state index >= 15 is 0 Å². The molecule has 0 spiro atoms. The van der Waals surface area contributed by atoms with Gasteiger partial charge in [0.25, 0.3) is 5.69 Å². The first kappa shape index (κ1) is 14.4. The van der Waals surface area contributed by atoms with Gasteiger partial charge in [-0.3, -0.25) is 10.1 Å². The monoisotopic (exact) mass is 348 g/mol. The van der Waals surface area contributed by atoms with Gasteiger partial charge in [0.1, 0.15) is 0 Å². The minimum atomic E-state index is -3.87. The molecule has 0 aliphatic heterocycles. The second kappa shape index (κ2) is 4.84. The number of nitro benzene ring substituents is 1. The molecule has 0 unspecified atom stereocenters. The molecule has 0 atom stereocenters. The number of nitrogens with zero attached hydrogens (tertiary/aromatic N) is 1. The van der Waals surface area contributed by atoms with Crippen molar-refractivity contribution in [3.63, 3.8) is 0 Å². The fourth-order valence-corrected chi connectivity index (χ4v) is 3.50. The third kappa shape index (κ3) is 3.31. The van der Waals surface area contributed by atoms with Gasteiger partial charge in [-0.05, 0) is 30.4 Å². The van der Waals surface area contributed by atoms with Crippen molar-refractivity contribution >= 4 is 31.6 Å². The van der Waals surface area contributed by atoms with Crippen molar-refractivity contribution in [3.8, 4) is 0 Å². The second-order valence-electron chi connectivity index (χ2n) is 5.00. The SMILES string of the molecule is CC1(CNS(=O)(=O)c2cc(Br)ccc2[N+](=O)[O-])CC1. The molecule has 0 aromatic heterocycles. The molecule has 104 valence electrons. The van der Waals surface area contributed by atoms with Crippen molar-refractivity contribution in [2.24, 2.45) is 5.41 Å². The summed E-state index contributed by atoms with van der Waals surface area (Å²) in [5.74, 6) is 0. The molecule has 2 rings (SSSR count). The molecule has 0 saturated heterocycles. The molecule has 1 saturated carbocycles. The van der Waals surface area contributed by atoms with Crippen LogP contribution in [0.4, 0.5) is 5.69 Å². The zero-order valence-electron chi connectivity index (χ0n) is 10.2. The van der Waals surface area contributed by atoms with Gasteiger partial charge in [0, 0.05) is 17.1 Å². The Morgan fingerprint density at radius 2 is 2.11 bits per heavy atom. The van der Waals surface area contributed by atoms with Crippen LogP contribution >= 0.6 is 15.9 Å². The summed E-state index contributed by atoms with van der Waals surface area (Å²) in [5.41, 5.74) is -0.426. The fraction of sp³-hybridized carbons (Fsp3) is 0.455.